The van der Waals surface area contributed by atoms with Gasteiger partial charge in [-0.2, -0.15) is 5.10 Å². The van der Waals surface area contributed by atoms with Gasteiger partial charge in [0.25, 0.3) is 5.91 Å². The van der Waals surface area contributed by atoms with Gasteiger partial charge in [-0.05, 0) is 42.8 Å². The normalized spacial score (nSPS) is 10.6. The van der Waals surface area contributed by atoms with Gasteiger partial charge in [-0.15, -0.1) is 0 Å². The largest absolute Gasteiger partial charge is 0.491 e. The third kappa shape index (κ3) is 4.51. The van der Waals surface area contributed by atoms with Crippen LogP contribution < -0.4 is 10.1 Å². The van der Waals surface area contributed by atoms with Crippen molar-refractivity contribution in [3.63, 3.8) is 0 Å². The molecule has 2 aromatic heterocycles. The van der Waals surface area contributed by atoms with E-state index in [0.717, 1.165) is 11.4 Å². The number of carbonyl (C=O) groups excluding carboxylic acids is 1. The van der Waals surface area contributed by atoms with E-state index in [1.54, 1.807) is 36.3 Å². The van der Waals surface area contributed by atoms with Crippen molar-refractivity contribution in [3.8, 4) is 11.6 Å². The average molecular weight is 366 g/mol. The van der Waals surface area contributed by atoms with Crippen LogP contribution in [-0.2, 0) is 11.2 Å². The minimum atomic E-state index is -0.206. The standard InChI is InChI=1S/C20H22N4O3/c1-3-18-17(14-22-24(18)19-6-4-5-11-21-19)20(25)23-15-7-9-16(10-8-15)27-13-12-26-2/h4-11,14H,3,12-13H2,1-2H3,(H,23,25). The van der Waals surface area contributed by atoms with Crippen LogP contribution in [-0.4, -0.2) is 41.0 Å². The predicted molar refractivity (Wildman–Crippen MR) is 103 cm³/mol. The van der Waals surface area contributed by atoms with Gasteiger partial charge in [0, 0.05) is 19.0 Å². The Morgan fingerprint density at radius 1 is 1.15 bits per heavy atom. The second kappa shape index (κ2) is 8.95. The van der Waals surface area contributed by atoms with E-state index in [2.05, 4.69) is 15.4 Å². The first-order valence-electron chi connectivity index (χ1n) is 8.74. The summed E-state index contributed by atoms with van der Waals surface area (Å²) >= 11 is 0. The zero-order valence-corrected chi connectivity index (χ0v) is 15.4. The topological polar surface area (TPSA) is 78.3 Å². The molecular formula is C20H22N4O3. The molecule has 0 aliphatic carbocycles. The number of pyridine rings is 1. The van der Waals surface area contributed by atoms with Crippen molar-refractivity contribution in [1.82, 2.24) is 14.8 Å². The van der Waals surface area contributed by atoms with Crippen LogP contribution in [0.1, 0.15) is 23.0 Å². The molecule has 0 fully saturated rings. The number of aromatic nitrogens is 3. The summed E-state index contributed by atoms with van der Waals surface area (Å²) in [5.74, 6) is 1.20. The van der Waals surface area contributed by atoms with E-state index in [1.807, 2.05) is 37.3 Å². The van der Waals surface area contributed by atoms with Crippen LogP contribution >= 0.6 is 0 Å². The van der Waals surface area contributed by atoms with Crippen molar-refractivity contribution in [1.29, 1.82) is 0 Å². The highest BCUT2D eigenvalue weighted by Gasteiger charge is 2.17. The summed E-state index contributed by atoms with van der Waals surface area (Å²) in [6, 6.07) is 12.8. The Kier molecular flexibility index (Phi) is 6.17. The van der Waals surface area contributed by atoms with Crippen LogP contribution in [0.5, 0.6) is 5.75 Å². The highest BCUT2D eigenvalue weighted by Crippen LogP contribution is 2.19. The molecule has 0 spiro atoms. The molecule has 7 heteroatoms. The number of benzene rings is 1. The number of carbonyl (C=O) groups is 1. The van der Waals surface area contributed by atoms with Gasteiger partial charge in [0.2, 0.25) is 0 Å². The monoisotopic (exact) mass is 366 g/mol. The van der Waals surface area contributed by atoms with Gasteiger partial charge in [0.1, 0.15) is 12.4 Å². The lowest BCUT2D eigenvalue weighted by Crippen LogP contribution is -2.14. The highest BCUT2D eigenvalue weighted by atomic mass is 16.5. The van der Waals surface area contributed by atoms with E-state index in [1.165, 1.54) is 0 Å². The molecule has 1 aromatic carbocycles. The van der Waals surface area contributed by atoms with E-state index < -0.39 is 0 Å². The maximum Gasteiger partial charge on any atom is 0.259 e. The van der Waals surface area contributed by atoms with Crippen molar-refractivity contribution < 1.29 is 14.3 Å². The van der Waals surface area contributed by atoms with Crippen molar-refractivity contribution >= 4 is 11.6 Å². The summed E-state index contributed by atoms with van der Waals surface area (Å²) in [7, 11) is 1.63. The fourth-order valence-electron chi connectivity index (χ4n) is 2.66. The lowest BCUT2D eigenvalue weighted by atomic mass is 10.2. The van der Waals surface area contributed by atoms with E-state index in [4.69, 9.17) is 9.47 Å². The van der Waals surface area contributed by atoms with Crippen LogP contribution in [0.25, 0.3) is 5.82 Å². The van der Waals surface area contributed by atoms with Crippen LogP contribution in [0, 0.1) is 0 Å². The average Bonchev–Trinajstić information content (AvgIpc) is 3.14. The summed E-state index contributed by atoms with van der Waals surface area (Å²) < 4.78 is 12.2. The number of rotatable bonds is 8. The molecular weight excluding hydrogens is 344 g/mol. The van der Waals surface area contributed by atoms with Crippen LogP contribution in [0.2, 0.25) is 0 Å². The molecule has 7 nitrogen and oxygen atoms in total. The molecule has 0 saturated heterocycles. The third-order valence-electron chi connectivity index (χ3n) is 3.98. The van der Waals surface area contributed by atoms with Gasteiger partial charge in [0.05, 0.1) is 24.1 Å². The Morgan fingerprint density at radius 2 is 1.96 bits per heavy atom. The zero-order chi connectivity index (χ0) is 19.1. The molecule has 1 amide bonds. The van der Waals surface area contributed by atoms with Crippen molar-refractivity contribution in [3.05, 3.63) is 66.1 Å². The van der Waals surface area contributed by atoms with Gasteiger partial charge in [-0.1, -0.05) is 13.0 Å². The zero-order valence-electron chi connectivity index (χ0n) is 15.4. The molecule has 0 radical (unpaired) electrons. The minimum absolute atomic E-state index is 0.206. The second-order valence-electron chi connectivity index (χ2n) is 5.78. The quantitative estimate of drug-likeness (QED) is 0.620. The molecule has 2 heterocycles. The fourth-order valence-corrected chi connectivity index (χ4v) is 2.66. The summed E-state index contributed by atoms with van der Waals surface area (Å²) in [5.41, 5.74) is 2.03. The summed E-state index contributed by atoms with van der Waals surface area (Å²) in [6.45, 7) is 2.99. The number of hydrogen-bond donors (Lipinski definition) is 1. The molecule has 0 unspecified atom stereocenters. The molecule has 0 bridgehead atoms. The molecule has 0 aliphatic rings. The fraction of sp³-hybridized carbons (Fsp3) is 0.250. The van der Waals surface area contributed by atoms with Crippen LogP contribution in [0.4, 0.5) is 5.69 Å². The Hall–Kier alpha value is -3.19. The molecule has 3 rings (SSSR count). The van der Waals surface area contributed by atoms with Gasteiger partial charge >= 0.3 is 0 Å². The number of nitrogens with one attached hydrogen (secondary N) is 1. The van der Waals surface area contributed by atoms with Crippen LogP contribution in [0.3, 0.4) is 0 Å². The molecule has 0 atom stereocenters. The number of methoxy groups -OCH3 is 1. The number of anilines is 1. The van der Waals surface area contributed by atoms with E-state index >= 15 is 0 Å². The predicted octanol–water partition coefficient (Wildman–Crippen LogP) is 3.11. The lowest BCUT2D eigenvalue weighted by Gasteiger charge is -2.09. The Balaban J connectivity index is 1.72. The Labute approximate surface area is 158 Å². The third-order valence-corrected chi connectivity index (χ3v) is 3.98. The molecule has 27 heavy (non-hydrogen) atoms. The van der Waals surface area contributed by atoms with E-state index in [-0.39, 0.29) is 5.91 Å². The smallest absolute Gasteiger partial charge is 0.259 e. The van der Waals surface area contributed by atoms with Gasteiger partial charge < -0.3 is 14.8 Å². The highest BCUT2D eigenvalue weighted by molar-refractivity contribution is 6.05. The molecule has 3 aromatic rings. The van der Waals surface area contributed by atoms with Crippen molar-refractivity contribution in [2.24, 2.45) is 0 Å². The van der Waals surface area contributed by atoms with Gasteiger partial charge in [-0.25, -0.2) is 9.67 Å². The molecule has 1 N–H and O–H groups in total. The first-order chi connectivity index (χ1) is 13.2. The molecule has 0 aliphatic heterocycles. The van der Waals surface area contributed by atoms with E-state index in [9.17, 15) is 4.79 Å². The number of amides is 1. The number of nitrogens with zero attached hydrogens (tertiary/aromatic N) is 3. The Morgan fingerprint density at radius 3 is 2.63 bits per heavy atom. The summed E-state index contributed by atoms with van der Waals surface area (Å²) in [4.78, 5) is 17.0. The van der Waals surface area contributed by atoms with Crippen molar-refractivity contribution in [2.45, 2.75) is 13.3 Å². The first kappa shape index (κ1) is 18.6. The Bertz CT molecular complexity index is 876. The summed E-state index contributed by atoms with van der Waals surface area (Å²) in [6.07, 6.45) is 3.93. The number of ether oxygens (including phenoxy) is 2. The maximum atomic E-state index is 12.7. The molecule has 0 saturated carbocycles. The van der Waals surface area contributed by atoms with Crippen LogP contribution in [0.15, 0.2) is 54.9 Å². The van der Waals surface area contributed by atoms with Gasteiger partial charge in [-0.3, -0.25) is 4.79 Å². The van der Waals surface area contributed by atoms with Crippen molar-refractivity contribution in [2.75, 3.05) is 25.6 Å². The lowest BCUT2D eigenvalue weighted by molar-refractivity contribution is 0.102. The number of hydrogen-bond acceptors (Lipinski definition) is 5. The molecule has 140 valence electrons. The SMILES string of the molecule is CCc1c(C(=O)Nc2ccc(OCCOC)cc2)cnn1-c1ccccn1. The van der Waals surface area contributed by atoms with E-state index in [0.29, 0.717) is 36.7 Å². The second-order valence-corrected chi connectivity index (χ2v) is 5.78. The summed E-state index contributed by atoms with van der Waals surface area (Å²) in [5, 5.41) is 7.24. The first-order valence-corrected chi connectivity index (χ1v) is 8.74. The minimum Gasteiger partial charge on any atom is -0.491 e. The van der Waals surface area contributed by atoms with Gasteiger partial charge in [0.15, 0.2) is 5.82 Å². The maximum absolute atomic E-state index is 12.7.